The molecule has 0 saturated carbocycles. The van der Waals surface area contributed by atoms with E-state index in [4.69, 9.17) is 5.11 Å². The molecule has 0 atom stereocenters. The van der Waals surface area contributed by atoms with E-state index < -0.39 is 0 Å². The number of aliphatic hydroxyl groups excluding tert-OH is 1. The van der Waals surface area contributed by atoms with E-state index >= 15 is 0 Å². The van der Waals surface area contributed by atoms with Gasteiger partial charge in [-0.1, -0.05) is 0 Å². The van der Waals surface area contributed by atoms with E-state index in [1.165, 1.54) is 38.9 Å². The number of hydrogen-bond acceptors (Lipinski definition) is 3. The molecule has 0 unspecified atom stereocenters. The number of aliphatic hydroxyl groups is 1. The topological polar surface area (TPSA) is 26.7 Å². The molecule has 1 rings (SSSR count). The monoisotopic (exact) mass is 214 g/mol. The molecule has 1 aliphatic rings. The van der Waals surface area contributed by atoms with Crippen LogP contribution in [0.1, 0.15) is 32.1 Å². The van der Waals surface area contributed by atoms with Crippen LogP contribution in [0.2, 0.25) is 0 Å². The third-order valence-corrected chi connectivity index (χ3v) is 3.48. The van der Waals surface area contributed by atoms with Crippen LogP contribution in [-0.2, 0) is 0 Å². The maximum atomic E-state index is 8.69. The lowest BCUT2D eigenvalue weighted by molar-refractivity contribution is 0.142. The summed E-state index contributed by atoms with van der Waals surface area (Å²) in [5.41, 5.74) is 0. The van der Waals surface area contributed by atoms with Gasteiger partial charge in [-0.25, -0.2) is 0 Å². The van der Waals surface area contributed by atoms with Crippen LogP contribution < -0.4 is 0 Å². The van der Waals surface area contributed by atoms with Gasteiger partial charge in [0.2, 0.25) is 0 Å². The standard InChI is InChI=1S/C12H26N2O/c1-13-9-6-12(7-10-13)14(2)8-4-3-5-11-15/h12,15H,3-11H2,1-2H3. The molecule has 1 saturated heterocycles. The third kappa shape index (κ3) is 4.96. The van der Waals surface area contributed by atoms with Crippen molar-refractivity contribution in [2.45, 2.75) is 38.1 Å². The van der Waals surface area contributed by atoms with Gasteiger partial charge in [0, 0.05) is 12.6 Å². The van der Waals surface area contributed by atoms with Crippen molar-refractivity contribution in [1.82, 2.24) is 9.80 Å². The average molecular weight is 214 g/mol. The number of rotatable bonds is 6. The fraction of sp³-hybridized carbons (Fsp3) is 1.00. The molecule has 3 nitrogen and oxygen atoms in total. The molecular weight excluding hydrogens is 188 g/mol. The maximum Gasteiger partial charge on any atom is 0.0431 e. The first-order chi connectivity index (χ1) is 7.24. The van der Waals surface area contributed by atoms with Crippen LogP contribution in [0.4, 0.5) is 0 Å². The zero-order valence-corrected chi connectivity index (χ0v) is 10.3. The van der Waals surface area contributed by atoms with Gasteiger partial charge in [0.1, 0.15) is 0 Å². The molecule has 0 aromatic carbocycles. The van der Waals surface area contributed by atoms with E-state index in [-0.39, 0.29) is 0 Å². The van der Waals surface area contributed by atoms with E-state index in [2.05, 4.69) is 23.9 Å². The zero-order chi connectivity index (χ0) is 11.1. The Morgan fingerprint density at radius 2 is 1.87 bits per heavy atom. The molecule has 3 heteroatoms. The molecule has 90 valence electrons. The minimum absolute atomic E-state index is 0.345. The SMILES string of the molecule is CN1CCC(N(C)CCCCCO)CC1. The summed E-state index contributed by atoms with van der Waals surface area (Å²) >= 11 is 0. The van der Waals surface area contributed by atoms with Gasteiger partial charge in [-0.3, -0.25) is 0 Å². The van der Waals surface area contributed by atoms with Gasteiger partial charge in [0.15, 0.2) is 0 Å². The Balaban J connectivity index is 2.08. The van der Waals surface area contributed by atoms with Crippen LogP contribution >= 0.6 is 0 Å². The van der Waals surface area contributed by atoms with Crippen molar-refractivity contribution in [2.24, 2.45) is 0 Å². The summed E-state index contributed by atoms with van der Waals surface area (Å²) in [7, 11) is 4.45. The van der Waals surface area contributed by atoms with Crippen molar-refractivity contribution in [3.8, 4) is 0 Å². The Morgan fingerprint density at radius 1 is 1.20 bits per heavy atom. The summed E-state index contributed by atoms with van der Waals surface area (Å²) in [5, 5.41) is 8.69. The molecule has 0 spiro atoms. The smallest absolute Gasteiger partial charge is 0.0431 e. The highest BCUT2D eigenvalue weighted by atomic mass is 16.2. The highest BCUT2D eigenvalue weighted by Crippen LogP contribution is 2.14. The number of hydrogen-bond donors (Lipinski definition) is 1. The molecule has 0 radical (unpaired) electrons. The zero-order valence-electron chi connectivity index (χ0n) is 10.3. The van der Waals surface area contributed by atoms with Crippen molar-refractivity contribution in [2.75, 3.05) is 40.3 Å². The second-order valence-electron chi connectivity index (χ2n) is 4.80. The highest BCUT2D eigenvalue weighted by molar-refractivity contribution is 4.76. The number of unbranched alkanes of at least 4 members (excludes halogenated alkanes) is 2. The van der Waals surface area contributed by atoms with Gasteiger partial charge in [0.25, 0.3) is 0 Å². The molecule has 15 heavy (non-hydrogen) atoms. The van der Waals surface area contributed by atoms with Gasteiger partial charge in [-0.15, -0.1) is 0 Å². The van der Waals surface area contributed by atoms with Crippen LogP contribution in [0.5, 0.6) is 0 Å². The summed E-state index contributed by atoms with van der Waals surface area (Å²) in [6.07, 6.45) is 5.97. The minimum Gasteiger partial charge on any atom is -0.396 e. The Morgan fingerprint density at radius 3 is 2.47 bits per heavy atom. The van der Waals surface area contributed by atoms with Crippen LogP contribution in [0.3, 0.4) is 0 Å². The van der Waals surface area contributed by atoms with Crippen molar-refractivity contribution in [3.05, 3.63) is 0 Å². The van der Waals surface area contributed by atoms with E-state index in [1.807, 2.05) is 0 Å². The largest absolute Gasteiger partial charge is 0.396 e. The second-order valence-corrected chi connectivity index (χ2v) is 4.80. The summed E-state index contributed by atoms with van der Waals surface area (Å²) in [5.74, 6) is 0. The number of nitrogens with zero attached hydrogens (tertiary/aromatic N) is 2. The Hall–Kier alpha value is -0.120. The Labute approximate surface area is 94.1 Å². The van der Waals surface area contributed by atoms with Crippen molar-refractivity contribution in [1.29, 1.82) is 0 Å². The molecule has 1 heterocycles. The first kappa shape index (κ1) is 12.9. The molecule has 0 amide bonds. The van der Waals surface area contributed by atoms with Gasteiger partial charge in [0.05, 0.1) is 0 Å². The lowest BCUT2D eigenvalue weighted by Crippen LogP contribution is -2.42. The molecule has 0 aromatic rings. The van der Waals surface area contributed by atoms with Gasteiger partial charge >= 0.3 is 0 Å². The van der Waals surface area contributed by atoms with E-state index in [9.17, 15) is 0 Å². The van der Waals surface area contributed by atoms with Gasteiger partial charge < -0.3 is 14.9 Å². The molecule has 0 bridgehead atoms. The molecule has 0 aliphatic carbocycles. The molecule has 1 aliphatic heterocycles. The molecule has 0 aromatic heterocycles. The van der Waals surface area contributed by atoms with E-state index in [1.54, 1.807) is 0 Å². The van der Waals surface area contributed by atoms with Crippen LogP contribution in [-0.4, -0.2) is 61.3 Å². The Kier molecular flexibility index (Phi) is 6.22. The van der Waals surface area contributed by atoms with Crippen molar-refractivity contribution >= 4 is 0 Å². The van der Waals surface area contributed by atoms with Crippen molar-refractivity contribution < 1.29 is 5.11 Å². The fourth-order valence-corrected chi connectivity index (χ4v) is 2.27. The first-order valence-corrected chi connectivity index (χ1v) is 6.23. The summed E-state index contributed by atoms with van der Waals surface area (Å²) < 4.78 is 0. The van der Waals surface area contributed by atoms with Gasteiger partial charge in [-0.05, 0) is 65.8 Å². The van der Waals surface area contributed by atoms with E-state index in [0.717, 1.165) is 18.9 Å². The predicted octanol–water partition coefficient (Wildman–Crippen LogP) is 1.17. The molecule has 1 fully saturated rings. The van der Waals surface area contributed by atoms with E-state index in [0.29, 0.717) is 6.61 Å². The summed E-state index contributed by atoms with van der Waals surface area (Å²) in [4.78, 5) is 4.92. The third-order valence-electron chi connectivity index (χ3n) is 3.48. The summed E-state index contributed by atoms with van der Waals surface area (Å²) in [6, 6.07) is 0.787. The van der Waals surface area contributed by atoms with Crippen molar-refractivity contribution in [3.63, 3.8) is 0 Å². The number of likely N-dealkylation sites (tertiary alicyclic amines) is 1. The number of piperidine rings is 1. The van der Waals surface area contributed by atoms with Gasteiger partial charge in [-0.2, -0.15) is 0 Å². The van der Waals surface area contributed by atoms with Crippen LogP contribution in [0, 0.1) is 0 Å². The lowest BCUT2D eigenvalue weighted by Gasteiger charge is -2.35. The molecular formula is C12H26N2O. The first-order valence-electron chi connectivity index (χ1n) is 6.23. The minimum atomic E-state index is 0.345. The fourth-order valence-electron chi connectivity index (χ4n) is 2.27. The normalized spacial score (nSPS) is 20.0. The quantitative estimate of drug-likeness (QED) is 0.673. The lowest BCUT2D eigenvalue weighted by atomic mass is 10.0. The summed E-state index contributed by atoms with van der Waals surface area (Å²) in [6.45, 7) is 4.02. The highest BCUT2D eigenvalue weighted by Gasteiger charge is 2.19. The van der Waals surface area contributed by atoms with Crippen LogP contribution in [0.15, 0.2) is 0 Å². The predicted molar refractivity (Wildman–Crippen MR) is 64.1 cm³/mol. The maximum absolute atomic E-state index is 8.69. The second kappa shape index (κ2) is 7.20. The Bertz CT molecular complexity index is 156. The average Bonchev–Trinajstić information content (AvgIpc) is 2.25. The van der Waals surface area contributed by atoms with Crippen LogP contribution in [0.25, 0.3) is 0 Å². The molecule has 1 N–H and O–H groups in total.